The summed E-state index contributed by atoms with van der Waals surface area (Å²) < 4.78 is 0. The van der Waals surface area contributed by atoms with Gasteiger partial charge in [0.2, 0.25) is 5.91 Å². The van der Waals surface area contributed by atoms with Gasteiger partial charge in [-0.3, -0.25) is 4.79 Å². The number of nitrogens with one attached hydrogen (secondary N) is 1. The zero-order valence-corrected chi connectivity index (χ0v) is 15.6. The highest BCUT2D eigenvalue weighted by Gasteiger charge is 2.27. The smallest absolute Gasteiger partial charge is 0.229 e. The maximum absolute atomic E-state index is 12.7. The largest absolute Gasteiger partial charge is 0.355 e. The maximum Gasteiger partial charge on any atom is 0.229 e. The molecule has 1 N–H and O–H groups in total. The van der Waals surface area contributed by atoms with Gasteiger partial charge in [0.05, 0.1) is 11.3 Å². The summed E-state index contributed by atoms with van der Waals surface area (Å²) in [4.78, 5) is 26.2. The first-order valence-electron chi connectivity index (χ1n) is 9.09. The fourth-order valence-corrected chi connectivity index (χ4v) is 4.40. The van der Waals surface area contributed by atoms with E-state index >= 15 is 0 Å². The van der Waals surface area contributed by atoms with E-state index in [4.69, 9.17) is 0 Å². The van der Waals surface area contributed by atoms with Gasteiger partial charge in [-0.25, -0.2) is 9.97 Å². The van der Waals surface area contributed by atoms with E-state index in [-0.39, 0.29) is 11.8 Å². The van der Waals surface area contributed by atoms with Crippen molar-refractivity contribution in [3.63, 3.8) is 0 Å². The number of aryl methyl sites for hydroxylation is 1. The lowest BCUT2D eigenvalue weighted by atomic mass is 9.97. The van der Waals surface area contributed by atoms with Crippen molar-refractivity contribution in [1.82, 2.24) is 9.97 Å². The van der Waals surface area contributed by atoms with Crippen LogP contribution in [0.1, 0.15) is 24.6 Å². The molecule has 1 saturated heterocycles. The number of para-hydroxylation sites is 1. The van der Waals surface area contributed by atoms with Crippen LogP contribution in [0.2, 0.25) is 0 Å². The van der Waals surface area contributed by atoms with Crippen LogP contribution in [0, 0.1) is 5.92 Å². The number of rotatable bonds is 4. The molecule has 134 valence electrons. The predicted molar refractivity (Wildman–Crippen MR) is 107 cm³/mol. The lowest BCUT2D eigenvalue weighted by Gasteiger charge is -2.33. The van der Waals surface area contributed by atoms with Gasteiger partial charge in [-0.05, 0) is 37.5 Å². The molecule has 0 unspecified atom stereocenters. The highest BCUT2D eigenvalue weighted by molar-refractivity contribution is 7.18. The number of thiophene rings is 1. The van der Waals surface area contributed by atoms with Crippen LogP contribution in [0.5, 0.6) is 0 Å². The minimum Gasteiger partial charge on any atom is -0.355 e. The number of amides is 1. The molecule has 4 rings (SSSR count). The average molecular weight is 366 g/mol. The Bertz CT molecular complexity index is 909. The van der Waals surface area contributed by atoms with E-state index in [0.29, 0.717) is 6.54 Å². The molecule has 1 amide bonds. The summed E-state index contributed by atoms with van der Waals surface area (Å²) in [5, 5.41) is 4.15. The number of fused-ring (bicyclic) bond motifs is 1. The molecule has 1 fully saturated rings. The second-order valence-corrected chi connectivity index (χ2v) is 7.74. The molecule has 1 aromatic carbocycles. The van der Waals surface area contributed by atoms with Crippen molar-refractivity contribution in [2.75, 3.05) is 23.3 Å². The second-order valence-electron chi connectivity index (χ2n) is 6.62. The maximum atomic E-state index is 12.7. The Morgan fingerprint density at radius 1 is 1.31 bits per heavy atom. The van der Waals surface area contributed by atoms with Gasteiger partial charge >= 0.3 is 0 Å². The first-order valence-corrected chi connectivity index (χ1v) is 9.90. The molecule has 0 spiro atoms. The molecule has 1 atom stereocenters. The molecule has 1 aliphatic rings. The predicted octanol–water partition coefficient (Wildman–Crippen LogP) is 4.11. The molecular weight excluding hydrogens is 344 g/mol. The number of hydrogen-bond acceptors (Lipinski definition) is 5. The van der Waals surface area contributed by atoms with E-state index in [1.54, 1.807) is 17.7 Å². The average Bonchev–Trinajstić information content (AvgIpc) is 3.12. The van der Waals surface area contributed by atoms with Gasteiger partial charge in [0.25, 0.3) is 0 Å². The van der Waals surface area contributed by atoms with E-state index in [0.717, 1.165) is 47.5 Å². The van der Waals surface area contributed by atoms with Gasteiger partial charge in [-0.2, -0.15) is 0 Å². The fraction of sp³-hybridized carbons (Fsp3) is 0.350. The standard InChI is InChI=1S/C20H22N4OS/c1-2-16-11-17-18(21-13-22-20(17)26-16)24-10-6-7-14(12-24)19(25)23-15-8-4-3-5-9-15/h3-5,8-9,11,13-14H,2,6-7,10,12H2,1H3,(H,23,25)/t14-/m1/s1. The summed E-state index contributed by atoms with van der Waals surface area (Å²) in [6.07, 6.45) is 4.54. The van der Waals surface area contributed by atoms with Crippen molar-refractivity contribution in [2.24, 2.45) is 5.92 Å². The molecule has 3 aromatic rings. The Morgan fingerprint density at radius 3 is 2.96 bits per heavy atom. The van der Waals surface area contributed by atoms with Crippen molar-refractivity contribution in [3.8, 4) is 0 Å². The van der Waals surface area contributed by atoms with Gasteiger partial charge in [0, 0.05) is 23.7 Å². The first-order chi connectivity index (χ1) is 12.7. The fourth-order valence-electron chi connectivity index (χ4n) is 3.47. The highest BCUT2D eigenvalue weighted by atomic mass is 32.1. The van der Waals surface area contributed by atoms with Crippen molar-refractivity contribution in [1.29, 1.82) is 0 Å². The van der Waals surface area contributed by atoms with Crippen LogP contribution >= 0.6 is 11.3 Å². The summed E-state index contributed by atoms with van der Waals surface area (Å²) in [6.45, 7) is 3.78. The zero-order chi connectivity index (χ0) is 17.9. The lowest BCUT2D eigenvalue weighted by Crippen LogP contribution is -2.41. The van der Waals surface area contributed by atoms with E-state index in [2.05, 4.69) is 33.2 Å². The number of piperidine rings is 1. The van der Waals surface area contributed by atoms with Gasteiger partial charge in [0.15, 0.2) is 0 Å². The molecule has 0 saturated carbocycles. The number of anilines is 2. The SMILES string of the molecule is CCc1cc2c(N3CCC[C@@H](C(=O)Nc4ccccc4)C3)ncnc2s1. The van der Waals surface area contributed by atoms with E-state index in [1.807, 2.05) is 30.3 Å². The molecule has 0 bridgehead atoms. The summed E-state index contributed by atoms with van der Waals surface area (Å²) in [5.74, 6) is 1.02. The normalized spacial score (nSPS) is 17.4. The van der Waals surface area contributed by atoms with Crippen molar-refractivity contribution >= 4 is 39.0 Å². The topological polar surface area (TPSA) is 58.1 Å². The monoisotopic (exact) mass is 366 g/mol. The third-order valence-corrected chi connectivity index (χ3v) is 6.03. The van der Waals surface area contributed by atoms with Crippen molar-refractivity contribution < 1.29 is 4.79 Å². The summed E-state index contributed by atoms with van der Waals surface area (Å²) >= 11 is 1.73. The molecule has 3 heterocycles. The van der Waals surface area contributed by atoms with E-state index in [1.165, 1.54) is 4.88 Å². The summed E-state index contributed by atoms with van der Waals surface area (Å²) in [7, 11) is 0. The third kappa shape index (κ3) is 3.42. The Hall–Kier alpha value is -2.47. The number of aromatic nitrogens is 2. The molecule has 1 aliphatic heterocycles. The van der Waals surface area contributed by atoms with Crippen LogP contribution in [0.4, 0.5) is 11.5 Å². The molecule has 26 heavy (non-hydrogen) atoms. The zero-order valence-electron chi connectivity index (χ0n) is 14.8. The number of benzene rings is 1. The van der Waals surface area contributed by atoms with Crippen LogP contribution < -0.4 is 10.2 Å². The van der Waals surface area contributed by atoms with Crippen LogP contribution in [0.3, 0.4) is 0 Å². The second kappa shape index (κ2) is 7.41. The van der Waals surface area contributed by atoms with Gasteiger partial charge in [-0.1, -0.05) is 25.1 Å². The molecular formula is C20H22N4OS. The Labute approximate surface area is 157 Å². The number of carbonyl (C=O) groups excluding carboxylic acids is 1. The summed E-state index contributed by atoms with van der Waals surface area (Å²) in [6, 6.07) is 11.9. The van der Waals surface area contributed by atoms with Crippen molar-refractivity contribution in [3.05, 3.63) is 47.6 Å². The quantitative estimate of drug-likeness (QED) is 0.755. The van der Waals surface area contributed by atoms with Crippen LogP contribution in [0.25, 0.3) is 10.2 Å². The van der Waals surface area contributed by atoms with E-state index in [9.17, 15) is 4.79 Å². The number of nitrogens with zero attached hydrogens (tertiary/aromatic N) is 3. The molecule has 0 aliphatic carbocycles. The minimum absolute atomic E-state index is 0.0294. The van der Waals surface area contributed by atoms with Crippen molar-refractivity contribution in [2.45, 2.75) is 26.2 Å². The van der Waals surface area contributed by atoms with Crippen LogP contribution in [0.15, 0.2) is 42.7 Å². The van der Waals surface area contributed by atoms with Gasteiger partial charge in [-0.15, -0.1) is 11.3 Å². The third-order valence-electron chi connectivity index (χ3n) is 4.84. The summed E-state index contributed by atoms with van der Waals surface area (Å²) in [5.41, 5.74) is 0.851. The Balaban J connectivity index is 1.53. The van der Waals surface area contributed by atoms with Gasteiger partial charge in [0.1, 0.15) is 17.0 Å². The number of hydrogen-bond donors (Lipinski definition) is 1. The molecule has 5 nitrogen and oxygen atoms in total. The highest BCUT2D eigenvalue weighted by Crippen LogP contribution is 2.32. The van der Waals surface area contributed by atoms with Crippen LogP contribution in [-0.4, -0.2) is 29.0 Å². The van der Waals surface area contributed by atoms with E-state index < -0.39 is 0 Å². The Kier molecular flexibility index (Phi) is 4.84. The Morgan fingerprint density at radius 2 is 2.15 bits per heavy atom. The first kappa shape index (κ1) is 17.0. The lowest BCUT2D eigenvalue weighted by molar-refractivity contribution is -0.120. The number of carbonyl (C=O) groups is 1. The minimum atomic E-state index is -0.0294. The van der Waals surface area contributed by atoms with Crippen LogP contribution in [-0.2, 0) is 11.2 Å². The molecule has 2 aromatic heterocycles. The molecule has 6 heteroatoms. The molecule has 0 radical (unpaired) electrons. The van der Waals surface area contributed by atoms with Gasteiger partial charge < -0.3 is 10.2 Å².